The highest BCUT2D eigenvalue weighted by Crippen LogP contribution is 2.57. The average molecular weight is 576 g/mol. The lowest BCUT2D eigenvalue weighted by atomic mass is 9.62. The number of rotatable bonds is 4. The molecule has 0 atom stereocenters. The van der Waals surface area contributed by atoms with Crippen LogP contribution in [0, 0.1) is 0 Å². The summed E-state index contributed by atoms with van der Waals surface area (Å²) in [6.07, 6.45) is 0. The van der Waals surface area contributed by atoms with Crippen LogP contribution in [0.15, 0.2) is 180 Å². The summed E-state index contributed by atoms with van der Waals surface area (Å²) in [6, 6.07) is 63.2. The van der Waals surface area contributed by atoms with Gasteiger partial charge in [-0.05, 0) is 58.1 Å². The molecule has 0 saturated carbocycles. The van der Waals surface area contributed by atoms with Gasteiger partial charge in [-0.25, -0.2) is 0 Å². The molecule has 0 aliphatic carbocycles. The first-order valence-electron chi connectivity index (χ1n) is 15.4. The third-order valence-corrected chi connectivity index (χ3v) is 9.33. The third-order valence-electron chi connectivity index (χ3n) is 9.33. The maximum atomic E-state index is 6.45. The van der Waals surface area contributed by atoms with Gasteiger partial charge in [0, 0.05) is 22.0 Å². The Morgan fingerprint density at radius 2 is 1.00 bits per heavy atom. The number of hydrogen-bond donors (Lipinski definition) is 0. The van der Waals surface area contributed by atoms with Crippen LogP contribution in [-0.4, -0.2) is 0 Å². The zero-order valence-electron chi connectivity index (χ0n) is 24.6. The van der Waals surface area contributed by atoms with E-state index in [1.54, 1.807) is 0 Å². The Bertz CT molecular complexity index is 2250. The molecule has 2 heterocycles. The van der Waals surface area contributed by atoms with Gasteiger partial charge in [0.05, 0.1) is 16.8 Å². The molecule has 0 amide bonds. The largest absolute Gasteiger partial charge is 0.455 e. The lowest BCUT2D eigenvalue weighted by Gasteiger charge is -2.46. The van der Waals surface area contributed by atoms with Gasteiger partial charge >= 0.3 is 0 Å². The van der Waals surface area contributed by atoms with Crippen molar-refractivity contribution in [2.45, 2.75) is 5.41 Å². The van der Waals surface area contributed by atoms with Crippen LogP contribution in [0.5, 0.6) is 0 Å². The fourth-order valence-corrected chi connectivity index (χ4v) is 7.48. The van der Waals surface area contributed by atoms with Gasteiger partial charge in [0.1, 0.15) is 11.2 Å². The molecule has 0 saturated heterocycles. The summed E-state index contributed by atoms with van der Waals surface area (Å²) in [7, 11) is 0. The second-order valence-electron chi connectivity index (χ2n) is 11.7. The Kier molecular flexibility index (Phi) is 5.76. The van der Waals surface area contributed by atoms with Crippen LogP contribution in [0.1, 0.15) is 22.3 Å². The van der Waals surface area contributed by atoms with Gasteiger partial charge in [-0.3, -0.25) is 0 Å². The second kappa shape index (κ2) is 10.1. The minimum atomic E-state index is -0.482. The Morgan fingerprint density at radius 1 is 0.444 bits per heavy atom. The summed E-state index contributed by atoms with van der Waals surface area (Å²) in [4.78, 5) is 2.43. The van der Waals surface area contributed by atoms with E-state index in [4.69, 9.17) is 4.42 Å². The molecule has 0 unspecified atom stereocenters. The molecule has 0 bridgehead atoms. The lowest BCUT2D eigenvalue weighted by molar-refractivity contribution is 0.670. The summed E-state index contributed by atoms with van der Waals surface area (Å²) >= 11 is 0. The standard InChI is InChI=1S/C43H29NO/c1-3-16-31(17-4-1)43(32-18-5-2-6-19-32)37-24-8-10-26-39(37)44(40-27-11-9-25-38(40)43)33-20-13-15-30(29-33)34-22-14-23-36-35-21-7-12-28-41(35)45-42(34)36/h1-29H. The average Bonchev–Trinajstić information content (AvgIpc) is 3.50. The highest BCUT2D eigenvalue weighted by Gasteiger charge is 2.46. The number of anilines is 3. The lowest BCUT2D eigenvalue weighted by Crippen LogP contribution is -2.37. The first kappa shape index (κ1) is 25.6. The summed E-state index contributed by atoms with van der Waals surface area (Å²) in [6.45, 7) is 0. The van der Waals surface area contributed by atoms with Crippen molar-refractivity contribution in [2.75, 3.05) is 4.90 Å². The molecule has 7 aromatic carbocycles. The van der Waals surface area contributed by atoms with Crippen LogP contribution < -0.4 is 4.90 Å². The molecule has 1 aliphatic rings. The van der Waals surface area contributed by atoms with Crippen LogP contribution in [-0.2, 0) is 5.41 Å². The van der Waals surface area contributed by atoms with Crippen molar-refractivity contribution in [1.82, 2.24) is 0 Å². The second-order valence-corrected chi connectivity index (χ2v) is 11.7. The number of fused-ring (bicyclic) bond motifs is 5. The van der Waals surface area contributed by atoms with Crippen molar-refractivity contribution < 1.29 is 4.42 Å². The van der Waals surface area contributed by atoms with E-state index >= 15 is 0 Å². The van der Waals surface area contributed by atoms with Gasteiger partial charge in [-0.15, -0.1) is 0 Å². The van der Waals surface area contributed by atoms with E-state index < -0.39 is 5.41 Å². The van der Waals surface area contributed by atoms with E-state index in [2.05, 4.69) is 169 Å². The predicted octanol–water partition coefficient (Wildman–Crippen LogP) is 11.4. The molecule has 45 heavy (non-hydrogen) atoms. The zero-order valence-corrected chi connectivity index (χ0v) is 24.6. The van der Waals surface area contributed by atoms with Crippen LogP contribution in [0.2, 0.25) is 0 Å². The van der Waals surface area contributed by atoms with Crippen molar-refractivity contribution in [1.29, 1.82) is 0 Å². The van der Waals surface area contributed by atoms with Gasteiger partial charge in [0.2, 0.25) is 0 Å². The monoisotopic (exact) mass is 575 g/mol. The van der Waals surface area contributed by atoms with Crippen LogP contribution in [0.3, 0.4) is 0 Å². The van der Waals surface area contributed by atoms with Gasteiger partial charge < -0.3 is 9.32 Å². The van der Waals surface area contributed by atoms with Gasteiger partial charge in [-0.2, -0.15) is 0 Å². The van der Waals surface area contributed by atoms with Crippen LogP contribution >= 0.6 is 0 Å². The van der Waals surface area contributed by atoms with Gasteiger partial charge in [0.15, 0.2) is 0 Å². The summed E-state index contributed by atoms with van der Waals surface area (Å²) < 4.78 is 6.45. The smallest absolute Gasteiger partial charge is 0.143 e. The molecular formula is C43H29NO. The summed E-state index contributed by atoms with van der Waals surface area (Å²) in [5.41, 5.74) is 12.0. The van der Waals surface area contributed by atoms with E-state index in [9.17, 15) is 0 Å². The van der Waals surface area contributed by atoms with E-state index in [1.165, 1.54) is 33.6 Å². The maximum Gasteiger partial charge on any atom is 0.143 e. The summed E-state index contributed by atoms with van der Waals surface area (Å²) in [5, 5.41) is 2.28. The molecule has 9 rings (SSSR count). The molecule has 1 aromatic heterocycles. The minimum Gasteiger partial charge on any atom is -0.455 e. The van der Waals surface area contributed by atoms with Crippen molar-refractivity contribution in [2.24, 2.45) is 0 Å². The van der Waals surface area contributed by atoms with E-state index in [0.717, 1.165) is 38.8 Å². The van der Waals surface area contributed by atoms with E-state index in [1.807, 2.05) is 12.1 Å². The maximum absolute atomic E-state index is 6.45. The fourth-order valence-electron chi connectivity index (χ4n) is 7.48. The first-order valence-corrected chi connectivity index (χ1v) is 15.4. The molecule has 8 aromatic rings. The Morgan fingerprint density at radius 3 is 1.69 bits per heavy atom. The molecular weight excluding hydrogens is 546 g/mol. The molecule has 2 heteroatoms. The number of nitrogens with zero attached hydrogens (tertiary/aromatic N) is 1. The molecule has 0 fully saturated rings. The van der Waals surface area contributed by atoms with E-state index in [-0.39, 0.29) is 0 Å². The summed E-state index contributed by atoms with van der Waals surface area (Å²) in [5.74, 6) is 0. The highest BCUT2D eigenvalue weighted by atomic mass is 16.3. The molecule has 1 aliphatic heterocycles. The fraction of sp³-hybridized carbons (Fsp3) is 0.0233. The molecule has 0 spiro atoms. The normalized spacial score (nSPS) is 13.5. The Balaban J connectivity index is 1.30. The van der Waals surface area contributed by atoms with Crippen molar-refractivity contribution in [3.8, 4) is 11.1 Å². The van der Waals surface area contributed by atoms with E-state index in [0.29, 0.717) is 0 Å². The Hall–Kier alpha value is -5.86. The molecule has 0 radical (unpaired) electrons. The van der Waals surface area contributed by atoms with Crippen molar-refractivity contribution in [3.63, 3.8) is 0 Å². The molecule has 2 nitrogen and oxygen atoms in total. The zero-order chi connectivity index (χ0) is 29.8. The Labute approximate surface area is 262 Å². The molecule has 0 N–H and O–H groups in total. The first-order chi connectivity index (χ1) is 22.3. The topological polar surface area (TPSA) is 16.4 Å². The SMILES string of the molecule is c1ccc(C2(c3ccccc3)c3ccccc3N(c3cccc(-c4cccc5c4oc4ccccc45)c3)c3ccccc32)cc1. The van der Waals surface area contributed by atoms with Gasteiger partial charge in [-0.1, -0.05) is 146 Å². The van der Waals surface area contributed by atoms with Crippen molar-refractivity contribution in [3.05, 3.63) is 198 Å². The predicted molar refractivity (Wildman–Crippen MR) is 186 cm³/mol. The quantitative estimate of drug-likeness (QED) is 0.208. The number of hydrogen-bond acceptors (Lipinski definition) is 2. The highest BCUT2D eigenvalue weighted by molar-refractivity contribution is 6.09. The van der Waals surface area contributed by atoms with Crippen molar-refractivity contribution >= 4 is 39.0 Å². The van der Waals surface area contributed by atoms with Gasteiger partial charge in [0.25, 0.3) is 0 Å². The number of furan rings is 1. The third kappa shape index (κ3) is 3.76. The number of para-hydroxylation sites is 4. The minimum absolute atomic E-state index is 0.482. The number of benzene rings is 7. The van der Waals surface area contributed by atoms with Crippen LogP contribution in [0.25, 0.3) is 33.1 Å². The van der Waals surface area contributed by atoms with Crippen LogP contribution in [0.4, 0.5) is 17.1 Å². The molecule has 212 valence electrons.